The smallest absolute Gasteiger partial charge is 0.268 e. The lowest BCUT2D eigenvalue weighted by Crippen LogP contribution is -2.58. The summed E-state index contributed by atoms with van der Waals surface area (Å²) in [7, 11) is 0. The molecule has 0 aliphatic carbocycles. The van der Waals surface area contributed by atoms with Crippen LogP contribution in [0.4, 0.5) is 0 Å². The van der Waals surface area contributed by atoms with Crippen LogP contribution in [-0.2, 0) is 9.59 Å². The molecule has 0 radical (unpaired) electrons. The Balaban J connectivity index is 1.58. The quantitative estimate of drug-likeness (QED) is 0.177. The highest BCUT2D eigenvalue weighted by Crippen LogP contribution is 2.10. The van der Waals surface area contributed by atoms with Crippen LogP contribution in [0.1, 0.15) is 46.9 Å². The topological polar surface area (TPSA) is 120 Å². The van der Waals surface area contributed by atoms with E-state index in [1.165, 1.54) is 0 Å². The van der Waals surface area contributed by atoms with Crippen molar-refractivity contribution in [3.8, 4) is 11.8 Å². The Bertz CT molecular complexity index is 1250. The second-order valence-corrected chi connectivity index (χ2v) is 8.49. The fourth-order valence-corrected chi connectivity index (χ4v) is 3.58. The number of carbonyl (C=O) groups is 3. The lowest BCUT2D eigenvalue weighted by molar-refractivity contribution is -0.132. The van der Waals surface area contributed by atoms with Crippen molar-refractivity contribution in [2.45, 2.75) is 32.0 Å². The number of hydroxylamine groups is 1. The molecule has 0 unspecified atom stereocenters. The summed E-state index contributed by atoms with van der Waals surface area (Å²) in [5, 5.41) is 17.6. The standard InChI is InChI=1S/C29H30N4O4/c1-20(24-11-7-4-8-12-24)30-19-26(34)31-21(2)27(29(36)33-37)32-28(35)25-17-15-23(16-18-25)14-13-22-9-5-3-6-10-22/h3-12,15-18,20-21,27,30,37H,19H2,1-2H3,(H,31,34)(H,32,35)(H,33,36)/t20-,21+,27-/m0/s1. The Morgan fingerprint density at radius 1 is 0.784 bits per heavy atom. The molecule has 3 atom stereocenters. The van der Waals surface area contributed by atoms with Crippen LogP contribution in [0.2, 0.25) is 0 Å². The molecule has 0 fully saturated rings. The number of hydrogen-bond acceptors (Lipinski definition) is 5. The molecule has 0 aliphatic heterocycles. The lowest BCUT2D eigenvalue weighted by Gasteiger charge is -2.24. The molecule has 3 rings (SSSR count). The summed E-state index contributed by atoms with van der Waals surface area (Å²) in [5.74, 6) is 4.34. The van der Waals surface area contributed by atoms with Crippen molar-refractivity contribution >= 4 is 17.7 Å². The Labute approximate surface area is 216 Å². The van der Waals surface area contributed by atoms with Gasteiger partial charge in [-0.2, -0.15) is 0 Å². The molecule has 0 aromatic heterocycles. The minimum Gasteiger partial charge on any atom is -0.350 e. The second-order valence-electron chi connectivity index (χ2n) is 8.49. The number of hydrogen-bond donors (Lipinski definition) is 5. The van der Waals surface area contributed by atoms with E-state index < -0.39 is 23.9 Å². The zero-order valence-corrected chi connectivity index (χ0v) is 20.7. The molecule has 0 spiro atoms. The van der Waals surface area contributed by atoms with E-state index in [2.05, 4.69) is 27.8 Å². The summed E-state index contributed by atoms with van der Waals surface area (Å²) in [6.45, 7) is 3.51. The second kappa shape index (κ2) is 13.6. The molecule has 0 aliphatic rings. The van der Waals surface area contributed by atoms with Crippen LogP contribution in [-0.4, -0.2) is 41.6 Å². The van der Waals surface area contributed by atoms with E-state index in [1.807, 2.05) is 67.6 Å². The molecule has 0 heterocycles. The van der Waals surface area contributed by atoms with E-state index in [1.54, 1.807) is 36.7 Å². The highest BCUT2D eigenvalue weighted by molar-refractivity contribution is 5.98. The summed E-state index contributed by atoms with van der Waals surface area (Å²) in [4.78, 5) is 37.5. The SMILES string of the molecule is C[C@H](NCC(=O)N[C@H](C)[C@H](NC(=O)c1ccc(C#Cc2ccccc2)cc1)C(=O)NO)c1ccccc1. The molecular weight excluding hydrogens is 468 g/mol. The van der Waals surface area contributed by atoms with Gasteiger partial charge in [0.25, 0.3) is 11.8 Å². The van der Waals surface area contributed by atoms with E-state index in [-0.39, 0.29) is 18.5 Å². The molecule has 5 N–H and O–H groups in total. The maximum absolute atomic E-state index is 12.8. The highest BCUT2D eigenvalue weighted by Gasteiger charge is 2.28. The van der Waals surface area contributed by atoms with Gasteiger partial charge in [-0.05, 0) is 55.8 Å². The Morgan fingerprint density at radius 2 is 1.35 bits per heavy atom. The van der Waals surface area contributed by atoms with Gasteiger partial charge in [0, 0.05) is 22.7 Å². The number of nitrogens with one attached hydrogen (secondary N) is 4. The number of amides is 3. The molecule has 0 saturated carbocycles. The van der Waals surface area contributed by atoms with Crippen molar-refractivity contribution in [3.63, 3.8) is 0 Å². The van der Waals surface area contributed by atoms with Crippen molar-refractivity contribution in [3.05, 3.63) is 107 Å². The predicted molar refractivity (Wildman–Crippen MR) is 141 cm³/mol. The van der Waals surface area contributed by atoms with E-state index in [9.17, 15) is 19.6 Å². The normalized spacial score (nSPS) is 12.7. The number of carbonyl (C=O) groups excluding carboxylic acids is 3. The molecule has 8 heteroatoms. The molecule has 190 valence electrons. The van der Waals surface area contributed by atoms with Crippen molar-refractivity contribution < 1.29 is 19.6 Å². The van der Waals surface area contributed by atoms with Crippen LogP contribution in [0.5, 0.6) is 0 Å². The molecule has 0 bridgehead atoms. The van der Waals surface area contributed by atoms with Crippen molar-refractivity contribution in [1.29, 1.82) is 0 Å². The van der Waals surface area contributed by atoms with Gasteiger partial charge in [0.2, 0.25) is 5.91 Å². The maximum atomic E-state index is 12.8. The first-order valence-corrected chi connectivity index (χ1v) is 11.9. The van der Waals surface area contributed by atoms with E-state index in [4.69, 9.17) is 0 Å². The summed E-state index contributed by atoms with van der Waals surface area (Å²) in [5.41, 5.74) is 4.49. The third kappa shape index (κ3) is 8.32. The minimum atomic E-state index is -1.20. The minimum absolute atomic E-state index is 0.00723. The maximum Gasteiger partial charge on any atom is 0.268 e. The molecule has 8 nitrogen and oxygen atoms in total. The van der Waals surface area contributed by atoms with E-state index >= 15 is 0 Å². The lowest BCUT2D eigenvalue weighted by atomic mass is 10.1. The van der Waals surface area contributed by atoms with Gasteiger partial charge in [-0.25, -0.2) is 5.48 Å². The first-order chi connectivity index (χ1) is 17.9. The van der Waals surface area contributed by atoms with Gasteiger partial charge in [-0.1, -0.05) is 60.4 Å². The highest BCUT2D eigenvalue weighted by atomic mass is 16.5. The predicted octanol–water partition coefficient (Wildman–Crippen LogP) is 2.55. The van der Waals surface area contributed by atoms with Gasteiger partial charge in [-0.15, -0.1) is 0 Å². The van der Waals surface area contributed by atoms with Crippen molar-refractivity contribution in [2.24, 2.45) is 0 Å². The van der Waals surface area contributed by atoms with Crippen LogP contribution >= 0.6 is 0 Å². The average Bonchev–Trinajstić information content (AvgIpc) is 2.94. The number of benzene rings is 3. The zero-order chi connectivity index (χ0) is 26.6. The fourth-order valence-electron chi connectivity index (χ4n) is 3.58. The first-order valence-electron chi connectivity index (χ1n) is 11.9. The first kappa shape index (κ1) is 27.1. The summed E-state index contributed by atoms with van der Waals surface area (Å²) in [6, 6.07) is 23.7. The summed E-state index contributed by atoms with van der Waals surface area (Å²) >= 11 is 0. The van der Waals surface area contributed by atoms with Gasteiger partial charge >= 0.3 is 0 Å². The Hall–Kier alpha value is -4.45. The average molecular weight is 499 g/mol. The molecule has 37 heavy (non-hydrogen) atoms. The Morgan fingerprint density at radius 3 is 1.95 bits per heavy atom. The van der Waals surface area contributed by atoms with Gasteiger partial charge < -0.3 is 16.0 Å². The zero-order valence-electron chi connectivity index (χ0n) is 20.7. The van der Waals surface area contributed by atoms with Crippen molar-refractivity contribution in [2.75, 3.05) is 6.54 Å². The van der Waals surface area contributed by atoms with Gasteiger partial charge in [0.15, 0.2) is 0 Å². The van der Waals surface area contributed by atoms with Crippen LogP contribution in [0.25, 0.3) is 0 Å². The molecule has 3 aromatic rings. The third-order valence-corrected chi connectivity index (χ3v) is 5.71. The third-order valence-electron chi connectivity index (χ3n) is 5.71. The van der Waals surface area contributed by atoms with Crippen LogP contribution in [0.15, 0.2) is 84.9 Å². The Kier molecular flexibility index (Phi) is 9.97. The number of rotatable bonds is 9. The molecule has 0 saturated heterocycles. The van der Waals surface area contributed by atoms with Crippen LogP contribution in [0, 0.1) is 11.8 Å². The van der Waals surface area contributed by atoms with Gasteiger partial charge in [0.05, 0.1) is 12.6 Å². The molecule has 3 amide bonds. The van der Waals surface area contributed by atoms with Gasteiger partial charge in [-0.3, -0.25) is 19.6 Å². The molecular formula is C29H30N4O4. The van der Waals surface area contributed by atoms with Crippen LogP contribution < -0.4 is 21.4 Å². The van der Waals surface area contributed by atoms with Crippen LogP contribution in [0.3, 0.4) is 0 Å². The molecule has 3 aromatic carbocycles. The van der Waals surface area contributed by atoms with E-state index in [0.717, 1.165) is 16.7 Å². The largest absolute Gasteiger partial charge is 0.350 e. The summed E-state index contributed by atoms with van der Waals surface area (Å²) in [6.07, 6.45) is 0. The van der Waals surface area contributed by atoms with Crippen molar-refractivity contribution in [1.82, 2.24) is 21.4 Å². The van der Waals surface area contributed by atoms with E-state index in [0.29, 0.717) is 5.56 Å². The van der Waals surface area contributed by atoms with Gasteiger partial charge in [0.1, 0.15) is 6.04 Å². The summed E-state index contributed by atoms with van der Waals surface area (Å²) < 4.78 is 0. The monoisotopic (exact) mass is 498 g/mol. The fraction of sp³-hybridized carbons (Fsp3) is 0.207.